The molecule has 110 valence electrons. The number of thioether (sulfide) groups is 1. The zero-order valence-electron chi connectivity index (χ0n) is 11.5. The summed E-state index contributed by atoms with van der Waals surface area (Å²) in [6.07, 6.45) is 5.58. The zero-order valence-corrected chi connectivity index (χ0v) is 12.3. The Morgan fingerprint density at radius 3 is 2.65 bits per heavy atom. The molecule has 1 atom stereocenters. The monoisotopic (exact) mass is 299 g/mol. The van der Waals surface area contributed by atoms with Gasteiger partial charge in [0.25, 0.3) is 0 Å². The second-order valence-electron chi connectivity index (χ2n) is 5.18. The molecule has 1 N–H and O–H groups in total. The van der Waals surface area contributed by atoms with Crippen molar-refractivity contribution in [2.24, 2.45) is 0 Å². The van der Waals surface area contributed by atoms with E-state index in [9.17, 15) is 13.6 Å². The van der Waals surface area contributed by atoms with Gasteiger partial charge in [-0.2, -0.15) is 0 Å². The van der Waals surface area contributed by atoms with Crippen molar-refractivity contribution in [2.45, 2.75) is 55.2 Å². The van der Waals surface area contributed by atoms with E-state index in [1.165, 1.54) is 18.6 Å². The van der Waals surface area contributed by atoms with Gasteiger partial charge in [0.05, 0.1) is 5.25 Å². The van der Waals surface area contributed by atoms with Gasteiger partial charge in [-0.3, -0.25) is 4.79 Å². The van der Waals surface area contributed by atoms with Crippen LogP contribution < -0.4 is 5.32 Å². The van der Waals surface area contributed by atoms with Crippen LogP contribution >= 0.6 is 11.8 Å². The molecular formula is C15H19F2NOS. The Hall–Kier alpha value is -1.10. The first kappa shape index (κ1) is 15.3. The lowest BCUT2D eigenvalue weighted by atomic mass is 9.95. The summed E-state index contributed by atoms with van der Waals surface area (Å²) in [6.45, 7) is 1.74. The summed E-state index contributed by atoms with van der Waals surface area (Å²) >= 11 is 1.12. The molecule has 1 fully saturated rings. The van der Waals surface area contributed by atoms with Crippen molar-refractivity contribution in [3.8, 4) is 0 Å². The number of hydrogen-bond donors (Lipinski definition) is 1. The highest BCUT2D eigenvalue weighted by Crippen LogP contribution is 2.27. The molecule has 0 saturated heterocycles. The molecule has 2 rings (SSSR count). The highest BCUT2D eigenvalue weighted by molar-refractivity contribution is 8.00. The lowest BCUT2D eigenvalue weighted by molar-refractivity contribution is -0.121. The number of rotatable bonds is 4. The number of carbonyl (C=O) groups is 1. The third-order valence-electron chi connectivity index (χ3n) is 3.52. The molecule has 0 bridgehead atoms. The predicted molar refractivity (Wildman–Crippen MR) is 76.7 cm³/mol. The van der Waals surface area contributed by atoms with Gasteiger partial charge in [-0.05, 0) is 31.9 Å². The van der Waals surface area contributed by atoms with Gasteiger partial charge in [-0.1, -0.05) is 19.3 Å². The Morgan fingerprint density at radius 2 is 2.00 bits per heavy atom. The minimum Gasteiger partial charge on any atom is -0.352 e. The minimum absolute atomic E-state index is 0.0781. The largest absolute Gasteiger partial charge is 0.352 e. The smallest absolute Gasteiger partial charge is 0.233 e. The second kappa shape index (κ2) is 7.07. The fourth-order valence-electron chi connectivity index (χ4n) is 2.38. The first-order chi connectivity index (χ1) is 9.56. The van der Waals surface area contributed by atoms with Gasteiger partial charge in [0.2, 0.25) is 5.91 Å². The molecule has 0 heterocycles. The zero-order chi connectivity index (χ0) is 14.5. The average Bonchev–Trinajstić information content (AvgIpc) is 2.43. The maximum Gasteiger partial charge on any atom is 0.233 e. The summed E-state index contributed by atoms with van der Waals surface area (Å²) in [5.74, 6) is -1.30. The molecule has 1 aromatic rings. The van der Waals surface area contributed by atoms with Crippen LogP contribution in [-0.4, -0.2) is 17.2 Å². The second-order valence-corrected chi connectivity index (χ2v) is 6.56. The lowest BCUT2D eigenvalue weighted by Gasteiger charge is -2.24. The number of hydrogen-bond acceptors (Lipinski definition) is 2. The summed E-state index contributed by atoms with van der Waals surface area (Å²) in [7, 11) is 0. The first-order valence-electron chi connectivity index (χ1n) is 6.98. The fourth-order valence-corrected chi connectivity index (χ4v) is 3.25. The van der Waals surface area contributed by atoms with Gasteiger partial charge in [-0.25, -0.2) is 8.78 Å². The molecule has 1 unspecified atom stereocenters. The third-order valence-corrected chi connectivity index (χ3v) is 4.67. The van der Waals surface area contributed by atoms with Crippen LogP contribution in [0.5, 0.6) is 0 Å². The van der Waals surface area contributed by atoms with Crippen LogP contribution in [0.15, 0.2) is 23.1 Å². The van der Waals surface area contributed by atoms with Crippen LogP contribution in [0.4, 0.5) is 8.78 Å². The van der Waals surface area contributed by atoms with Crippen LogP contribution in [0.3, 0.4) is 0 Å². The van der Waals surface area contributed by atoms with E-state index >= 15 is 0 Å². The number of amides is 1. The standard InChI is InChI=1S/C15H19F2NOS/c1-10(15(19)18-12-5-3-2-4-6-12)20-14-8-7-11(16)9-13(14)17/h7-10,12H,2-6H2,1H3,(H,18,19). The highest BCUT2D eigenvalue weighted by atomic mass is 32.2. The minimum atomic E-state index is -0.618. The van der Waals surface area contributed by atoms with E-state index in [-0.39, 0.29) is 11.9 Å². The number of nitrogens with one attached hydrogen (secondary N) is 1. The van der Waals surface area contributed by atoms with E-state index in [0.29, 0.717) is 4.90 Å². The van der Waals surface area contributed by atoms with E-state index in [1.807, 2.05) is 0 Å². The van der Waals surface area contributed by atoms with Crippen molar-refractivity contribution in [3.05, 3.63) is 29.8 Å². The molecule has 0 spiro atoms. The molecule has 1 aliphatic carbocycles. The van der Waals surface area contributed by atoms with E-state index < -0.39 is 16.9 Å². The van der Waals surface area contributed by atoms with Crippen molar-refractivity contribution in [3.63, 3.8) is 0 Å². The van der Waals surface area contributed by atoms with Gasteiger partial charge < -0.3 is 5.32 Å². The molecular weight excluding hydrogens is 280 g/mol. The van der Waals surface area contributed by atoms with Crippen molar-refractivity contribution in [2.75, 3.05) is 0 Å². The Kier molecular flexibility index (Phi) is 5.40. The Morgan fingerprint density at radius 1 is 1.30 bits per heavy atom. The highest BCUT2D eigenvalue weighted by Gasteiger charge is 2.21. The topological polar surface area (TPSA) is 29.1 Å². The van der Waals surface area contributed by atoms with Crippen LogP contribution in [-0.2, 0) is 4.79 Å². The Labute approximate surface area is 122 Å². The summed E-state index contributed by atoms with van der Waals surface area (Å²) in [5.41, 5.74) is 0. The van der Waals surface area contributed by atoms with Gasteiger partial charge in [0.15, 0.2) is 0 Å². The van der Waals surface area contributed by atoms with Crippen molar-refractivity contribution in [1.82, 2.24) is 5.32 Å². The fraction of sp³-hybridized carbons (Fsp3) is 0.533. The summed E-state index contributed by atoms with van der Waals surface area (Å²) < 4.78 is 26.4. The molecule has 5 heteroatoms. The molecule has 1 aromatic carbocycles. The Bertz CT molecular complexity index is 475. The molecule has 0 aliphatic heterocycles. The van der Waals surface area contributed by atoms with Crippen LogP contribution in [0.1, 0.15) is 39.0 Å². The molecule has 20 heavy (non-hydrogen) atoms. The maximum atomic E-state index is 13.5. The summed E-state index contributed by atoms with van der Waals surface area (Å²) in [4.78, 5) is 12.4. The van der Waals surface area contributed by atoms with E-state index in [1.54, 1.807) is 6.92 Å². The number of halogens is 2. The molecule has 1 amide bonds. The van der Waals surface area contributed by atoms with E-state index in [4.69, 9.17) is 0 Å². The Balaban J connectivity index is 1.89. The summed E-state index contributed by atoms with van der Waals surface area (Å²) in [6, 6.07) is 3.67. The molecule has 1 saturated carbocycles. The molecule has 1 aliphatic rings. The van der Waals surface area contributed by atoms with Crippen molar-refractivity contribution in [1.29, 1.82) is 0 Å². The number of carbonyl (C=O) groups excluding carboxylic acids is 1. The van der Waals surface area contributed by atoms with Gasteiger partial charge in [0, 0.05) is 17.0 Å². The van der Waals surface area contributed by atoms with Crippen molar-refractivity contribution < 1.29 is 13.6 Å². The van der Waals surface area contributed by atoms with Gasteiger partial charge in [0.1, 0.15) is 11.6 Å². The normalized spacial score (nSPS) is 17.8. The molecule has 0 aromatic heterocycles. The van der Waals surface area contributed by atoms with E-state index in [2.05, 4.69) is 5.32 Å². The SMILES string of the molecule is CC(Sc1ccc(F)cc1F)C(=O)NC1CCCCC1. The summed E-state index contributed by atoms with van der Waals surface area (Å²) in [5, 5.41) is 2.62. The van der Waals surface area contributed by atoms with Gasteiger partial charge in [-0.15, -0.1) is 11.8 Å². The van der Waals surface area contributed by atoms with Gasteiger partial charge >= 0.3 is 0 Å². The number of benzene rings is 1. The third kappa shape index (κ3) is 4.20. The van der Waals surface area contributed by atoms with E-state index in [0.717, 1.165) is 43.5 Å². The quantitative estimate of drug-likeness (QED) is 0.855. The molecule has 2 nitrogen and oxygen atoms in total. The van der Waals surface area contributed by atoms with Crippen LogP contribution in [0, 0.1) is 11.6 Å². The first-order valence-corrected chi connectivity index (χ1v) is 7.86. The lowest BCUT2D eigenvalue weighted by Crippen LogP contribution is -2.40. The maximum absolute atomic E-state index is 13.5. The van der Waals surface area contributed by atoms with Crippen LogP contribution in [0.2, 0.25) is 0 Å². The molecule has 0 radical (unpaired) electrons. The predicted octanol–water partition coefficient (Wildman–Crippen LogP) is 3.89. The average molecular weight is 299 g/mol. The van der Waals surface area contributed by atoms with Crippen molar-refractivity contribution >= 4 is 17.7 Å². The van der Waals surface area contributed by atoms with Crippen LogP contribution in [0.25, 0.3) is 0 Å².